The van der Waals surface area contributed by atoms with Crippen molar-refractivity contribution in [1.82, 2.24) is 10.3 Å². The summed E-state index contributed by atoms with van der Waals surface area (Å²) in [4.78, 5) is 21.2. The smallest absolute Gasteiger partial charge is 0.258 e. The summed E-state index contributed by atoms with van der Waals surface area (Å²) in [5, 5.41) is 6.48. The maximum atomic E-state index is 12.7. The van der Waals surface area contributed by atoms with Crippen molar-refractivity contribution >= 4 is 29.2 Å². The molecule has 2 aromatic carbocycles. The SMILES string of the molecule is COc1ccc(C)cc1NC(=NCc1ccncc1)NC(=O)c1cccc(Cl)c1. The van der Waals surface area contributed by atoms with Crippen LogP contribution in [0.2, 0.25) is 5.02 Å². The van der Waals surface area contributed by atoms with Crippen LogP contribution in [-0.4, -0.2) is 24.0 Å². The van der Waals surface area contributed by atoms with Gasteiger partial charge in [0.25, 0.3) is 5.91 Å². The molecule has 1 aromatic heterocycles. The van der Waals surface area contributed by atoms with Crippen molar-refractivity contribution < 1.29 is 9.53 Å². The Balaban J connectivity index is 1.87. The number of pyridine rings is 1. The molecule has 148 valence electrons. The predicted molar refractivity (Wildman–Crippen MR) is 116 cm³/mol. The fourth-order valence-electron chi connectivity index (χ4n) is 2.63. The van der Waals surface area contributed by atoms with Gasteiger partial charge in [-0.2, -0.15) is 0 Å². The molecular formula is C22H21ClN4O2. The number of nitrogens with zero attached hydrogens (tertiary/aromatic N) is 2. The number of nitrogens with one attached hydrogen (secondary N) is 2. The highest BCUT2D eigenvalue weighted by Crippen LogP contribution is 2.25. The summed E-state index contributed by atoms with van der Waals surface area (Å²) >= 11 is 6.01. The number of methoxy groups -OCH3 is 1. The van der Waals surface area contributed by atoms with Crippen LogP contribution in [0.1, 0.15) is 21.5 Å². The maximum Gasteiger partial charge on any atom is 0.258 e. The zero-order valence-electron chi connectivity index (χ0n) is 16.1. The number of benzene rings is 2. The Labute approximate surface area is 174 Å². The van der Waals surface area contributed by atoms with Crippen molar-refractivity contribution in [3.05, 3.63) is 88.7 Å². The molecule has 29 heavy (non-hydrogen) atoms. The molecule has 0 aliphatic rings. The second-order valence-electron chi connectivity index (χ2n) is 6.31. The summed E-state index contributed by atoms with van der Waals surface area (Å²) in [6, 6.07) is 16.2. The first kappa shape index (κ1) is 20.4. The number of halogens is 1. The van der Waals surface area contributed by atoms with E-state index in [0.29, 0.717) is 34.5 Å². The van der Waals surface area contributed by atoms with E-state index in [1.165, 1.54) is 0 Å². The number of aliphatic imine (C=N–C) groups is 1. The molecule has 2 N–H and O–H groups in total. The van der Waals surface area contributed by atoms with Gasteiger partial charge in [-0.1, -0.05) is 23.7 Å². The predicted octanol–water partition coefficient (Wildman–Crippen LogP) is 4.45. The third kappa shape index (κ3) is 5.80. The molecule has 7 heteroatoms. The van der Waals surface area contributed by atoms with Crippen molar-refractivity contribution in [3.8, 4) is 5.75 Å². The lowest BCUT2D eigenvalue weighted by Crippen LogP contribution is -2.36. The van der Waals surface area contributed by atoms with E-state index < -0.39 is 0 Å². The Morgan fingerprint density at radius 3 is 2.66 bits per heavy atom. The van der Waals surface area contributed by atoms with E-state index in [9.17, 15) is 4.79 Å². The first-order chi connectivity index (χ1) is 14.0. The number of rotatable bonds is 5. The van der Waals surface area contributed by atoms with Gasteiger partial charge in [0.15, 0.2) is 0 Å². The van der Waals surface area contributed by atoms with Gasteiger partial charge < -0.3 is 10.1 Å². The van der Waals surface area contributed by atoms with Gasteiger partial charge in [0.2, 0.25) is 5.96 Å². The largest absolute Gasteiger partial charge is 0.495 e. The molecule has 0 unspecified atom stereocenters. The lowest BCUT2D eigenvalue weighted by atomic mass is 10.2. The van der Waals surface area contributed by atoms with Crippen molar-refractivity contribution in [2.24, 2.45) is 4.99 Å². The summed E-state index contributed by atoms with van der Waals surface area (Å²) in [7, 11) is 1.59. The van der Waals surface area contributed by atoms with Crippen LogP contribution < -0.4 is 15.4 Å². The van der Waals surface area contributed by atoms with Crippen molar-refractivity contribution in [2.45, 2.75) is 13.5 Å². The van der Waals surface area contributed by atoms with E-state index in [0.717, 1.165) is 11.1 Å². The van der Waals surface area contributed by atoms with Crippen LogP contribution in [0.15, 0.2) is 72.0 Å². The number of anilines is 1. The van der Waals surface area contributed by atoms with Gasteiger partial charge >= 0.3 is 0 Å². The van der Waals surface area contributed by atoms with Gasteiger partial charge in [0.05, 0.1) is 19.3 Å². The molecule has 0 spiro atoms. The Kier molecular flexibility index (Phi) is 6.81. The molecule has 6 nitrogen and oxygen atoms in total. The number of aromatic nitrogens is 1. The zero-order valence-corrected chi connectivity index (χ0v) is 16.9. The summed E-state index contributed by atoms with van der Waals surface area (Å²) in [6.07, 6.45) is 3.40. The van der Waals surface area contributed by atoms with Gasteiger partial charge in [0.1, 0.15) is 5.75 Å². The highest BCUT2D eigenvalue weighted by atomic mass is 35.5. The second kappa shape index (κ2) is 9.71. The van der Waals surface area contributed by atoms with E-state index in [1.54, 1.807) is 43.8 Å². The van der Waals surface area contributed by atoms with Crippen LogP contribution in [0.5, 0.6) is 5.75 Å². The average Bonchev–Trinajstić information content (AvgIpc) is 2.73. The fraction of sp³-hybridized carbons (Fsp3) is 0.136. The number of amides is 1. The number of hydrogen-bond donors (Lipinski definition) is 2. The van der Waals surface area contributed by atoms with Gasteiger partial charge in [-0.3, -0.25) is 15.1 Å². The number of ether oxygens (including phenoxy) is 1. The van der Waals surface area contributed by atoms with Crippen molar-refractivity contribution in [3.63, 3.8) is 0 Å². The van der Waals surface area contributed by atoms with E-state index in [2.05, 4.69) is 20.6 Å². The monoisotopic (exact) mass is 408 g/mol. The highest BCUT2D eigenvalue weighted by Gasteiger charge is 2.12. The lowest BCUT2D eigenvalue weighted by molar-refractivity contribution is 0.0977. The Hall–Kier alpha value is -3.38. The maximum absolute atomic E-state index is 12.7. The van der Waals surface area contributed by atoms with Crippen LogP contribution in [0, 0.1) is 6.92 Å². The summed E-state index contributed by atoms with van der Waals surface area (Å²) < 4.78 is 5.41. The Morgan fingerprint density at radius 2 is 1.93 bits per heavy atom. The van der Waals surface area contributed by atoms with Gasteiger partial charge in [0, 0.05) is 23.0 Å². The molecule has 0 fully saturated rings. The normalized spacial score (nSPS) is 11.1. The number of carbonyl (C=O) groups is 1. The summed E-state index contributed by atoms with van der Waals surface area (Å²) in [5.41, 5.74) is 3.15. The van der Waals surface area contributed by atoms with Crippen LogP contribution in [0.25, 0.3) is 0 Å². The molecule has 3 rings (SSSR count). The summed E-state index contributed by atoms with van der Waals surface area (Å²) in [6.45, 7) is 2.35. The minimum absolute atomic E-state index is 0.302. The Morgan fingerprint density at radius 1 is 1.14 bits per heavy atom. The molecule has 0 atom stereocenters. The average molecular weight is 409 g/mol. The molecule has 3 aromatic rings. The van der Waals surface area contributed by atoms with Crippen molar-refractivity contribution in [1.29, 1.82) is 0 Å². The van der Waals surface area contributed by atoms with E-state index in [4.69, 9.17) is 16.3 Å². The number of hydrogen-bond acceptors (Lipinski definition) is 4. The minimum Gasteiger partial charge on any atom is -0.495 e. The Bertz CT molecular complexity index is 1020. The third-order valence-corrected chi connectivity index (χ3v) is 4.33. The summed E-state index contributed by atoms with van der Waals surface area (Å²) in [5.74, 6) is 0.625. The van der Waals surface area contributed by atoms with E-state index in [-0.39, 0.29) is 5.91 Å². The van der Waals surface area contributed by atoms with Gasteiger partial charge in [-0.05, 0) is 60.5 Å². The van der Waals surface area contributed by atoms with E-state index >= 15 is 0 Å². The molecular weight excluding hydrogens is 388 g/mol. The van der Waals surface area contributed by atoms with Crippen LogP contribution >= 0.6 is 11.6 Å². The first-order valence-corrected chi connectivity index (χ1v) is 9.35. The molecule has 1 amide bonds. The minimum atomic E-state index is -0.319. The van der Waals surface area contributed by atoms with Crippen LogP contribution in [-0.2, 0) is 6.54 Å². The number of aryl methyl sites for hydroxylation is 1. The third-order valence-electron chi connectivity index (χ3n) is 4.10. The second-order valence-corrected chi connectivity index (χ2v) is 6.75. The van der Waals surface area contributed by atoms with Crippen molar-refractivity contribution in [2.75, 3.05) is 12.4 Å². The molecule has 0 saturated carbocycles. The lowest BCUT2D eigenvalue weighted by Gasteiger charge is -2.15. The van der Waals surface area contributed by atoms with Crippen LogP contribution in [0.4, 0.5) is 5.69 Å². The highest BCUT2D eigenvalue weighted by molar-refractivity contribution is 6.31. The first-order valence-electron chi connectivity index (χ1n) is 8.97. The number of guanidine groups is 1. The molecule has 0 aliphatic carbocycles. The molecule has 1 heterocycles. The zero-order chi connectivity index (χ0) is 20.6. The molecule has 0 bridgehead atoms. The van der Waals surface area contributed by atoms with Gasteiger partial charge in [-0.15, -0.1) is 0 Å². The molecule has 0 radical (unpaired) electrons. The fourth-order valence-corrected chi connectivity index (χ4v) is 2.82. The quantitative estimate of drug-likeness (QED) is 0.483. The van der Waals surface area contributed by atoms with Gasteiger partial charge in [-0.25, -0.2) is 4.99 Å². The molecule has 0 saturated heterocycles. The number of carbonyl (C=O) groups excluding carboxylic acids is 1. The standard InChI is InChI=1S/C22H21ClN4O2/c1-15-6-7-20(29-2)19(12-15)26-22(25-14-16-8-10-24-11-9-16)27-21(28)17-4-3-5-18(23)13-17/h3-13H,14H2,1-2H3,(H2,25,26,27,28). The topological polar surface area (TPSA) is 75.6 Å². The molecule has 0 aliphatic heterocycles. The van der Waals surface area contributed by atoms with Crippen LogP contribution in [0.3, 0.4) is 0 Å². The van der Waals surface area contributed by atoms with E-state index in [1.807, 2.05) is 37.3 Å².